The average Bonchev–Trinajstić information content (AvgIpc) is 3.31. The number of aliphatic hydroxyl groups excluding tert-OH is 1. The summed E-state index contributed by atoms with van der Waals surface area (Å²) in [5, 5.41) is 15.1. The molecule has 0 aliphatic heterocycles. The van der Waals surface area contributed by atoms with Crippen molar-refractivity contribution in [1.82, 2.24) is 5.32 Å². The van der Waals surface area contributed by atoms with Gasteiger partial charge in [0.2, 0.25) is 0 Å². The molecule has 0 aromatic heterocycles. The maximum absolute atomic E-state index is 12.1. The van der Waals surface area contributed by atoms with Gasteiger partial charge in [0, 0.05) is 12.1 Å². The predicted octanol–water partition coefficient (Wildman–Crippen LogP) is 7.16. The second-order valence-corrected chi connectivity index (χ2v) is 11.0. The van der Waals surface area contributed by atoms with Crippen LogP contribution in [0.3, 0.4) is 0 Å². The minimum Gasteiger partial charge on any atom is -0.486 e. The molecule has 0 fully saturated rings. The van der Waals surface area contributed by atoms with E-state index in [0.29, 0.717) is 30.4 Å². The van der Waals surface area contributed by atoms with Gasteiger partial charge in [-0.2, -0.15) is 0 Å². The zero-order valence-electron chi connectivity index (χ0n) is 23.1. The van der Waals surface area contributed by atoms with E-state index in [2.05, 4.69) is 43.4 Å². The molecule has 1 aliphatic carbocycles. The first-order chi connectivity index (χ1) is 17.6. The second-order valence-electron chi connectivity index (χ2n) is 10.3. The van der Waals surface area contributed by atoms with E-state index in [-0.39, 0.29) is 34.0 Å². The fraction of sp³-hybridized carbons (Fsp3) is 0.567. The molecular formula is C30H42Cl3NO4. The van der Waals surface area contributed by atoms with Gasteiger partial charge in [-0.15, -0.1) is 12.4 Å². The summed E-state index contributed by atoms with van der Waals surface area (Å²) >= 11 is 13.0. The normalized spacial score (nSPS) is 15.8. The molecule has 3 rings (SSSR count). The highest BCUT2D eigenvalue weighted by molar-refractivity contribution is 6.43. The average molecular weight is 587 g/mol. The molecule has 2 aromatic carbocycles. The number of aliphatic hydroxyl groups is 1. The number of carbonyl (C=O) groups is 1. The lowest BCUT2D eigenvalue weighted by Crippen LogP contribution is -2.51. The topological polar surface area (TPSA) is 67.8 Å². The Morgan fingerprint density at radius 2 is 1.66 bits per heavy atom. The van der Waals surface area contributed by atoms with Gasteiger partial charge in [-0.3, -0.25) is 4.79 Å². The molecule has 2 aromatic rings. The Morgan fingerprint density at radius 1 is 1.05 bits per heavy atom. The molecule has 0 radical (unpaired) electrons. The fourth-order valence-electron chi connectivity index (χ4n) is 5.34. The van der Waals surface area contributed by atoms with Crippen LogP contribution >= 0.6 is 35.6 Å². The maximum atomic E-state index is 12.1. The smallest absolute Gasteiger partial charge is 0.313 e. The van der Waals surface area contributed by atoms with Crippen LogP contribution < -0.4 is 10.1 Å². The van der Waals surface area contributed by atoms with Crippen LogP contribution in [0.5, 0.6) is 5.75 Å². The zero-order valence-corrected chi connectivity index (χ0v) is 25.4. The molecule has 2 N–H and O–H groups in total. The third-order valence-corrected chi connectivity index (χ3v) is 8.77. The van der Waals surface area contributed by atoms with Crippen LogP contribution in [0.1, 0.15) is 76.5 Å². The van der Waals surface area contributed by atoms with Crippen LogP contribution in [-0.2, 0) is 22.4 Å². The lowest BCUT2D eigenvalue weighted by atomic mass is 9.81. The van der Waals surface area contributed by atoms with E-state index in [4.69, 9.17) is 32.7 Å². The molecule has 38 heavy (non-hydrogen) atoms. The van der Waals surface area contributed by atoms with Gasteiger partial charge in [0.05, 0.1) is 17.5 Å². The molecule has 0 saturated carbocycles. The molecule has 0 amide bonds. The van der Waals surface area contributed by atoms with Crippen LogP contribution in [0.4, 0.5) is 0 Å². The second kappa shape index (κ2) is 14.8. The van der Waals surface area contributed by atoms with Gasteiger partial charge in [-0.25, -0.2) is 0 Å². The molecule has 1 aliphatic rings. The van der Waals surface area contributed by atoms with Gasteiger partial charge in [-0.05, 0) is 81.5 Å². The number of halogens is 3. The summed E-state index contributed by atoms with van der Waals surface area (Å²) < 4.78 is 11.1. The van der Waals surface area contributed by atoms with Crippen LogP contribution in [0.25, 0.3) is 0 Å². The molecule has 5 nitrogen and oxygen atoms in total. The molecule has 0 spiro atoms. The van der Waals surface area contributed by atoms with Gasteiger partial charge in [0.25, 0.3) is 0 Å². The Kier molecular flexibility index (Phi) is 12.7. The summed E-state index contributed by atoms with van der Waals surface area (Å²) in [5.41, 5.74) is 3.47. The summed E-state index contributed by atoms with van der Waals surface area (Å²) in [4.78, 5) is 12.1. The first-order valence-corrected chi connectivity index (χ1v) is 14.2. The molecule has 1 unspecified atom stereocenters. The van der Waals surface area contributed by atoms with Crippen molar-refractivity contribution < 1.29 is 19.4 Å². The minimum absolute atomic E-state index is 0. The number of ether oxygens (including phenoxy) is 2. The van der Waals surface area contributed by atoms with E-state index in [1.807, 2.05) is 6.92 Å². The largest absolute Gasteiger partial charge is 0.486 e. The minimum atomic E-state index is -0.744. The van der Waals surface area contributed by atoms with Gasteiger partial charge in [0.1, 0.15) is 23.0 Å². The predicted molar refractivity (Wildman–Crippen MR) is 158 cm³/mol. The number of hydrogen-bond acceptors (Lipinski definition) is 5. The van der Waals surface area contributed by atoms with Crippen molar-refractivity contribution in [2.45, 2.75) is 90.4 Å². The van der Waals surface area contributed by atoms with Gasteiger partial charge < -0.3 is 19.9 Å². The summed E-state index contributed by atoms with van der Waals surface area (Å²) in [6.07, 6.45) is 4.01. The molecule has 8 heteroatoms. The lowest BCUT2D eigenvalue weighted by molar-refractivity contribution is -0.144. The Hall–Kier alpha value is -1.50. The fourth-order valence-corrected chi connectivity index (χ4v) is 5.88. The number of β-amino-alcohol motifs (C(OH)–C–C–N with tert-alkyl or cyclic N) is 1. The summed E-state index contributed by atoms with van der Waals surface area (Å²) in [6.45, 7) is 10.4. The van der Waals surface area contributed by atoms with Crippen LogP contribution in [0.2, 0.25) is 10.0 Å². The number of benzene rings is 2. The van der Waals surface area contributed by atoms with Gasteiger partial charge in [-0.1, -0.05) is 67.4 Å². The van der Waals surface area contributed by atoms with Crippen LogP contribution in [0.15, 0.2) is 36.4 Å². The number of nitrogens with one attached hydrogen (secondary N) is 1. The maximum Gasteiger partial charge on any atom is 0.313 e. The van der Waals surface area contributed by atoms with Gasteiger partial charge >= 0.3 is 5.97 Å². The Labute approximate surface area is 244 Å². The van der Waals surface area contributed by atoms with Crippen molar-refractivity contribution in [1.29, 1.82) is 0 Å². The highest BCUT2D eigenvalue weighted by Gasteiger charge is 2.33. The van der Waals surface area contributed by atoms with E-state index in [0.717, 1.165) is 32.1 Å². The molecule has 0 bridgehead atoms. The molecule has 0 saturated heterocycles. The van der Waals surface area contributed by atoms with Crippen LogP contribution in [-0.4, -0.2) is 42.0 Å². The number of esters is 1. The van der Waals surface area contributed by atoms with E-state index in [1.54, 1.807) is 26.0 Å². The van der Waals surface area contributed by atoms with Crippen molar-refractivity contribution in [3.05, 3.63) is 63.1 Å². The number of fused-ring (bicyclic) bond motifs is 1. The van der Waals surface area contributed by atoms with Gasteiger partial charge in [0.15, 0.2) is 0 Å². The third kappa shape index (κ3) is 7.79. The number of hydrogen-bond donors (Lipinski definition) is 2. The third-order valence-electron chi connectivity index (χ3n) is 7.89. The van der Waals surface area contributed by atoms with Crippen molar-refractivity contribution in [3.63, 3.8) is 0 Å². The Morgan fingerprint density at radius 3 is 2.21 bits per heavy atom. The van der Waals surface area contributed by atoms with Crippen molar-refractivity contribution in [2.75, 3.05) is 13.2 Å². The van der Waals surface area contributed by atoms with Crippen molar-refractivity contribution in [2.24, 2.45) is 5.92 Å². The van der Waals surface area contributed by atoms with E-state index in [9.17, 15) is 9.90 Å². The Balaban J connectivity index is 0.00000507. The summed E-state index contributed by atoms with van der Waals surface area (Å²) in [6, 6.07) is 12.1. The molecule has 3 atom stereocenters. The first kappa shape index (κ1) is 32.7. The highest BCUT2D eigenvalue weighted by Crippen LogP contribution is 2.39. The lowest BCUT2D eigenvalue weighted by Gasteiger charge is -2.37. The summed E-state index contributed by atoms with van der Waals surface area (Å²) in [5.74, 6) is 0.0713. The van der Waals surface area contributed by atoms with Crippen LogP contribution in [0, 0.1) is 5.92 Å². The van der Waals surface area contributed by atoms with Crippen molar-refractivity contribution in [3.8, 4) is 5.75 Å². The highest BCUT2D eigenvalue weighted by atomic mass is 35.5. The SMILES string of the molecule is CCOC(=O)C(C)c1ccc(O[C@@H](C)[C@H](O)CNC(CC)(CC)CC2Cc3ccccc3C2)c(Cl)c1Cl.Cl. The summed E-state index contributed by atoms with van der Waals surface area (Å²) in [7, 11) is 0. The number of carbonyl (C=O) groups excluding carboxylic acids is 1. The standard InChI is InChI=1S/C30H41Cl2NO4.ClH/c1-6-30(7-2,17-21-15-22-11-9-10-12-23(22)16-21)33-18-25(34)20(5)37-26-14-13-24(27(31)28(26)32)19(4)29(35)36-8-3;/h9-14,19-21,25,33-34H,6-8,15-18H2,1-5H3;1H/t19?,20-,25+;/m0./s1. The van der Waals surface area contributed by atoms with E-state index < -0.39 is 18.1 Å². The first-order valence-electron chi connectivity index (χ1n) is 13.5. The Bertz CT molecular complexity index is 1030. The number of rotatable bonds is 13. The monoisotopic (exact) mass is 585 g/mol. The molecule has 212 valence electrons. The molecule has 0 heterocycles. The van der Waals surface area contributed by atoms with E-state index >= 15 is 0 Å². The van der Waals surface area contributed by atoms with E-state index in [1.165, 1.54) is 11.1 Å². The molecular weight excluding hydrogens is 545 g/mol. The van der Waals surface area contributed by atoms with Crippen molar-refractivity contribution >= 4 is 41.6 Å². The zero-order chi connectivity index (χ0) is 27.2. The quantitative estimate of drug-likeness (QED) is 0.244.